The maximum Gasteiger partial charge on any atom is 0.243 e. The van der Waals surface area contributed by atoms with Crippen LogP contribution in [0, 0.1) is 11.8 Å². The lowest BCUT2D eigenvalue weighted by Crippen LogP contribution is -2.59. The third kappa shape index (κ3) is 24.2. The molecule has 81 heavy (non-hydrogen) atoms. The van der Waals surface area contributed by atoms with Crippen LogP contribution in [-0.4, -0.2) is 154 Å². The second-order valence-electron chi connectivity index (χ2n) is 20.4. The van der Waals surface area contributed by atoms with E-state index in [1.165, 1.54) is 19.4 Å². The van der Waals surface area contributed by atoms with Gasteiger partial charge >= 0.3 is 0 Å². The Morgan fingerprint density at radius 1 is 0.580 bits per heavy atom. The molecule has 0 aliphatic rings. The molecule has 28 nitrogen and oxygen atoms in total. The molecule has 446 valence electrons. The van der Waals surface area contributed by atoms with Crippen molar-refractivity contribution in [2.75, 3.05) is 26.2 Å². The Balaban J connectivity index is 1.72. The number of benzene rings is 1. The van der Waals surface area contributed by atoms with Crippen molar-refractivity contribution >= 4 is 81.8 Å². The summed E-state index contributed by atoms with van der Waals surface area (Å²) >= 11 is 0. The van der Waals surface area contributed by atoms with Gasteiger partial charge in [-0.3, -0.25) is 57.5 Å². The molecule has 0 saturated heterocycles. The summed E-state index contributed by atoms with van der Waals surface area (Å²) in [5.74, 6) is -9.11. The topological polar surface area (TPSA) is 448 Å². The maximum absolute atomic E-state index is 14.2. The summed E-state index contributed by atoms with van der Waals surface area (Å²) in [5.41, 5.74) is 18.1. The van der Waals surface area contributed by atoms with Crippen molar-refractivity contribution in [3.8, 4) is 0 Å². The van der Waals surface area contributed by atoms with Crippen LogP contribution in [-0.2, 0) is 70.4 Å². The van der Waals surface area contributed by atoms with Crippen LogP contribution in [0.15, 0.2) is 43.0 Å². The van der Waals surface area contributed by atoms with Crippen LogP contribution < -0.4 is 70.4 Å². The van der Waals surface area contributed by atoms with Crippen molar-refractivity contribution in [3.05, 3.63) is 54.2 Å². The van der Waals surface area contributed by atoms with Gasteiger partial charge in [-0.25, -0.2) is 4.98 Å². The van der Waals surface area contributed by atoms with Crippen LogP contribution in [0.2, 0.25) is 0 Å². The van der Waals surface area contributed by atoms with E-state index in [4.69, 9.17) is 17.2 Å². The Morgan fingerprint density at radius 2 is 1.17 bits per heavy atom. The van der Waals surface area contributed by atoms with E-state index in [0.717, 1.165) is 17.3 Å². The van der Waals surface area contributed by atoms with E-state index in [1.54, 1.807) is 44.3 Å². The molecule has 0 bridgehead atoms. The number of rotatable bonds is 37. The Labute approximate surface area is 470 Å². The Morgan fingerprint density at radius 3 is 1.79 bits per heavy atom. The zero-order chi connectivity index (χ0) is 60.2. The normalized spacial score (nSPS) is 13.7. The second-order valence-corrected chi connectivity index (χ2v) is 20.4. The highest BCUT2D eigenvalue weighted by Gasteiger charge is 2.34. The molecule has 0 fully saturated rings. The molecule has 18 N–H and O–H groups in total. The first kappa shape index (κ1) is 66.8. The van der Waals surface area contributed by atoms with Crippen molar-refractivity contribution in [2.45, 2.75) is 154 Å². The van der Waals surface area contributed by atoms with Gasteiger partial charge in [-0.1, -0.05) is 65.7 Å². The lowest BCUT2D eigenvalue weighted by molar-refractivity contribution is -0.135. The van der Waals surface area contributed by atoms with Crippen LogP contribution >= 0.6 is 0 Å². The number of aromatic amines is 2. The molecule has 12 amide bonds. The van der Waals surface area contributed by atoms with Crippen molar-refractivity contribution < 1.29 is 57.5 Å². The molecule has 0 aliphatic heterocycles. The van der Waals surface area contributed by atoms with Gasteiger partial charge in [0.1, 0.15) is 42.3 Å². The van der Waals surface area contributed by atoms with Gasteiger partial charge in [-0.05, 0) is 49.7 Å². The number of nitrogens with one attached hydrogen (secondary N) is 12. The molecular weight excluding hydrogens is 1050 g/mol. The van der Waals surface area contributed by atoms with Gasteiger partial charge in [0, 0.05) is 87.1 Å². The number of para-hydroxylation sites is 1. The number of nitrogens with two attached hydrogens (primary N) is 3. The minimum absolute atomic E-state index is 0.0519. The molecule has 0 radical (unpaired) electrons. The zero-order valence-corrected chi connectivity index (χ0v) is 46.9. The van der Waals surface area contributed by atoms with Gasteiger partial charge < -0.3 is 80.3 Å². The third-order valence-electron chi connectivity index (χ3n) is 12.7. The Kier molecular flexibility index (Phi) is 28.5. The number of aromatic nitrogens is 3. The summed E-state index contributed by atoms with van der Waals surface area (Å²) in [6, 6.07) is -1.56. The first-order valence-corrected chi connectivity index (χ1v) is 27.1. The molecular formula is C53H82N16O12. The number of unbranched alkanes of at least 4 members (excludes halogenated alkanes) is 1. The van der Waals surface area contributed by atoms with Crippen LogP contribution in [0.25, 0.3) is 10.9 Å². The first-order chi connectivity index (χ1) is 38.4. The van der Waals surface area contributed by atoms with Crippen LogP contribution in [0.1, 0.15) is 111 Å². The molecule has 3 rings (SSSR count). The third-order valence-corrected chi connectivity index (χ3v) is 12.7. The van der Waals surface area contributed by atoms with E-state index in [0.29, 0.717) is 24.1 Å². The molecule has 1 aromatic carbocycles. The van der Waals surface area contributed by atoms with Crippen molar-refractivity contribution in [1.82, 2.24) is 68.1 Å². The number of primary amides is 2. The molecule has 2 heterocycles. The average Bonchev–Trinajstić information content (AvgIpc) is 4.08. The molecule has 2 aromatic heterocycles. The summed E-state index contributed by atoms with van der Waals surface area (Å²) in [7, 11) is 0. The fraction of sp³-hybridized carbons (Fsp3) is 0.566. The molecule has 0 saturated carbocycles. The van der Waals surface area contributed by atoms with Crippen LogP contribution in [0.4, 0.5) is 0 Å². The number of imidazole rings is 1. The van der Waals surface area contributed by atoms with Crippen molar-refractivity contribution in [3.63, 3.8) is 0 Å². The van der Waals surface area contributed by atoms with E-state index in [1.807, 2.05) is 20.8 Å². The summed E-state index contributed by atoms with van der Waals surface area (Å²) in [6.45, 7) is 9.61. The predicted molar refractivity (Wildman–Crippen MR) is 297 cm³/mol. The van der Waals surface area contributed by atoms with Crippen molar-refractivity contribution in [2.24, 2.45) is 29.0 Å². The van der Waals surface area contributed by atoms with Gasteiger partial charge in [0.15, 0.2) is 0 Å². The Bertz CT molecular complexity index is 2620. The average molecular weight is 1140 g/mol. The number of hydrogen-bond donors (Lipinski definition) is 15. The molecule has 28 heteroatoms. The zero-order valence-electron chi connectivity index (χ0n) is 46.9. The van der Waals surface area contributed by atoms with E-state index in [2.05, 4.69) is 68.1 Å². The molecule has 3 aromatic rings. The number of hydrogen-bond acceptors (Lipinski definition) is 14. The number of carbonyl (C=O) groups is 12. The summed E-state index contributed by atoms with van der Waals surface area (Å²) in [4.78, 5) is 167. The van der Waals surface area contributed by atoms with E-state index in [-0.39, 0.29) is 82.8 Å². The van der Waals surface area contributed by atoms with E-state index >= 15 is 0 Å². The number of amides is 12. The van der Waals surface area contributed by atoms with Crippen LogP contribution in [0.5, 0.6) is 0 Å². The van der Waals surface area contributed by atoms with Gasteiger partial charge in [0.05, 0.1) is 12.9 Å². The maximum atomic E-state index is 14.2. The molecule has 7 atom stereocenters. The number of nitrogens with zero attached hydrogens (tertiary/aromatic N) is 1. The number of H-pyrrole nitrogens is 2. The summed E-state index contributed by atoms with van der Waals surface area (Å²) < 4.78 is 0. The van der Waals surface area contributed by atoms with Crippen LogP contribution in [0.3, 0.4) is 0 Å². The number of fused-ring (bicyclic) bond motifs is 1. The molecule has 7 unspecified atom stereocenters. The smallest absolute Gasteiger partial charge is 0.243 e. The highest BCUT2D eigenvalue weighted by atomic mass is 16.2. The number of carbonyl (C=O) groups excluding carboxylic acids is 12. The Hall–Kier alpha value is -8.43. The lowest BCUT2D eigenvalue weighted by atomic mass is 10.0. The second kappa shape index (κ2) is 34.5. The lowest BCUT2D eigenvalue weighted by Gasteiger charge is -2.26. The monoisotopic (exact) mass is 1130 g/mol. The van der Waals surface area contributed by atoms with E-state index in [9.17, 15) is 57.5 Å². The largest absolute Gasteiger partial charge is 0.370 e. The van der Waals surface area contributed by atoms with Crippen molar-refractivity contribution in [1.29, 1.82) is 0 Å². The SMILES string of the molecule is CCCCC(NC(=O)C(CC(C)C)NC(=O)C(Cc1cnc[nH]1)NC(=O)CNC(=O)C(NC(=O)C(C)NC(=O)C(Cc1c[nH]c2ccccc12)NC(=O)C(CCC(N)=O)NC(=O)CCNC(=O)CCNC(=O)CCN)C(C)C)C(N)=O. The van der Waals surface area contributed by atoms with Gasteiger partial charge in [0.2, 0.25) is 70.9 Å². The summed E-state index contributed by atoms with van der Waals surface area (Å²) in [5, 5.41) is 26.6. The van der Waals surface area contributed by atoms with E-state index < -0.39 is 120 Å². The first-order valence-electron chi connectivity index (χ1n) is 27.1. The molecule has 0 aliphatic carbocycles. The van der Waals surface area contributed by atoms with Gasteiger partial charge in [-0.2, -0.15) is 0 Å². The fourth-order valence-corrected chi connectivity index (χ4v) is 8.24. The predicted octanol–water partition coefficient (Wildman–Crippen LogP) is -2.79. The van der Waals surface area contributed by atoms with Gasteiger partial charge in [-0.15, -0.1) is 0 Å². The quantitative estimate of drug-likeness (QED) is 0.0278. The fourth-order valence-electron chi connectivity index (χ4n) is 8.24. The molecule has 0 spiro atoms. The minimum Gasteiger partial charge on any atom is -0.370 e. The standard InChI is InChI=1S/C53H82N16O12/c1-7-8-12-36(47(56)75)66-51(79)38(22-29(2)3)67-52(80)40(24-33-26-57-28-62-33)65-45(74)27-61-53(81)46(30(4)5)69-48(76)31(6)63-50(78)39(23-32-25-60-35-13-10-9-11-34(32)35)68-49(77)37(14-15-41(55)70)64-44(73)18-21-59-43(72)17-20-58-42(71)16-19-54/h9-11,13,25-26,28-31,36-40,46,60H,7-8,12,14-24,27,54H2,1-6H3,(H2,55,70)(H2,56,75)(H,57,62)(H,58,71)(H,59,72)(H,61,81)(H,63,78)(H,64,73)(H,65,74)(H,66,79)(H,67,80)(H,68,77)(H,69,76). The van der Waals surface area contributed by atoms with Gasteiger partial charge in [0.25, 0.3) is 0 Å². The highest BCUT2D eigenvalue weighted by molar-refractivity contribution is 5.98. The minimum atomic E-state index is -1.39. The summed E-state index contributed by atoms with van der Waals surface area (Å²) in [6.07, 6.45) is 5.26. The highest BCUT2D eigenvalue weighted by Crippen LogP contribution is 2.20.